The van der Waals surface area contributed by atoms with Crippen molar-refractivity contribution in [1.29, 1.82) is 0 Å². The van der Waals surface area contributed by atoms with Crippen molar-refractivity contribution in [2.24, 2.45) is 10.2 Å². The summed E-state index contributed by atoms with van der Waals surface area (Å²) in [4.78, 5) is 4.47. The predicted molar refractivity (Wildman–Crippen MR) is 91.9 cm³/mol. The molecule has 0 aromatic heterocycles. The second-order valence-electron chi connectivity index (χ2n) is 6.74. The molecule has 4 rings (SSSR count). The molecule has 0 amide bonds. The smallest absolute Gasteiger partial charge is 0.223 e. The van der Waals surface area contributed by atoms with E-state index in [9.17, 15) is 5.21 Å². The molecule has 0 radical (unpaired) electrons. The van der Waals surface area contributed by atoms with Crippen LogP contribution in [-0.2, 0) is 0 Å². The van der Waals surface area contributed by atoms with Gasteiger partial charge in [0.1, 0.15) is 5.70 Å². The molecule has 6 nitrogen and oxygen atoms in total. The highest BCUT2D eigenvalue weighted by Gasteiger charge is 2.35. The first-order chi connectivity index (χ1) is 11.8. The van der Waals surface area contributed by atoms with Crippen LogP contribution in [0.2, 0.25) is 0 Å². The van der Waals surface area contributed by atoms with Crippen LogP contribution in [0.15, 0.2) is 46.4 Å². The Labute approximate surface area is 143 Å². The maximum absolute atomic E-state index is 11.0. The van der Waals surface area contributed by atoms with E-state index in [-0.39, 0.29) is 0 Å². The first-order valence-corrected chi connectivity index (χ1v) is 9.02. The Balaban J connectivity index is 1.71. The molecule has 3 aliphatic heterocycles. The molecule has 0 spiro atoms. The Morgan fingerprint density at radius 1 is 0.875 bits per heavy atom. The molecule has 3 heterocycles. The van der Waals surface area contributed by atoms with Crippen molar-refractivity contribution in [1.82, 2.24) is 14.9 Å². The van der Waals surface area contributed by atoms with Crippen molar-refractivity contribution >= 4 is 5.70 Å². The van der Waals surface area contributed by atoms with Gasteiger partial charge in [0.15, 0.2) is 5.82 Å². The summed E-state index contributed by atoms with van der Waals surface area (Å²) in [5.74, 6) is 0.813. The molecule has 0 aliphatic carbocycles. The number of hydroxylamine groups is 2. The Hall–Kier alpha value is -1.92. The maximum Gasteiger partial charge on any atom is 0.223 e. The quantitative estimate of drug-likeness (QED) is 0.925. The lowest BCUT2D eigenvalue weighted by molar-refractivity contribution is -0.159. The minimum atomic E-state index is -0.392. The molecule has 2 fully saturated rings. The second kappa shape index (κ2) is 6.91. The zero-order valence-corrected chi connectivity index (χ0v) is 14.0. The van der Waals surface area contributed by atoms with Gasteiger partial charge in [-0.05, 0) is 32.1 Å². The zero-order valence-electron chi connectivity index (χ0n) is 14.0. The van der Waals surface area contributed by atoms with Gasteiger partial charge in [-0.15, -0.1) is 10.2 Å². The third-order valence-electron chi connectivity index (χ3n) is 5.08. The zero-order chi connectivity index (χ0) is 16.4. The van der Waals surface area contributed by atoms with Crippen LogP contribution in [0.5, 0.6) is 0 Å². The first kappa shape index (κ1) is 15.6. The van der Waals surface area contributed by atoms with Crippen LogP contribution >= 0.6 is 0 Å². The summed E-state index contributed by atoms with van der Waals surface area (Å²) in [6.07, 6.45) is 5.50. The minimum Gasteiger partial charge on any atom is -0.355 e. The van der Waals surface area contributed by atoms with Crippen LogP contribution in [0.3, 0.4) is 0 Å². The van der Waals surface area contributed by atoms with Crippen LogP contribution in [0.25, 0.3) is 5.70 Å². The number of benzene rings is 1. The second-order valence-corrected chi connectivity index (χ2v) is 6.74. The molecular formula is C18H25N5O. The van der Waals surface area contributed by atoms with Crippen molar-refractivity contribution in [2.75, 3.05) is 26.2 Å². The number of hydrogen-bond acceptors (Lipinski definition) is 6. The lowest BCUT2D eigenvalue weighted by atomic mass is 10.1. The van der Waals surface area contributed by atoms with E-state index in [1.807, 2.05) is 30.3 Å². The van der Waals surface area contributed by atoms with Crippen LogP contribution in [0.4, 0.5) is 0 Å². The standard InChI is InChI=1S/C18H25N5O/c24-23-17(21-11-5-2-6-12-21)16(15-9-3-1-4-10-15)19-20-18(23)22-13-7-8-14-22/h1,3-4,9-10,18,24H,2,5-8,11-14H2. The van der Waals surface area contributed by atoms with E-state index in [1.54, 1.807) is 0 Å². The molecular weight excluding hydrogens is 302 g/mol. The van der Waals surface area contributed by atoms with Gasteiger partial charge in [-0.25, -0.2) is 0 Å². The van der Waals surface area contributed by atoms with Crippen LogP contribution in [0, 0.1) is 0 Å². The molecule has 6 heteroatoms. The van der Waals surface area contributed by atoms with Gasteiger partial charge in [0.25, 0.3) is 0 Å². The lowest BCUT2D eigenvalue weighted by Crippen LogP contribution is -2.49. The summed E-state index contributed by atoms with van der Waals surface area (Å²) in [6, 6.07) is 10.1. The third-order valence-corrected chi connectivity index (χ3v) is 5.08. The van der Waals surface area contributed by atoms with Gasteiger partial charge in [-0.2, -0.15) is 5.06 Å². The number of hydrogen-bond donors (Lipinski definition) is 1. The van der Waals surface area contributed by atoms with Gasteiger partial charge in [-0.1, -0.05) is 30.3 Å². The van der Waals surface area contributed by atoms with E-state index in [1.165, 1.54) is 11.5 Å². The van der Waals surface area contributed by atoms with Crippen molar-refractivity contribution in [3.63, 3.8) is 0 Å². The van der Waals surface area contributed by atoms with E-state index in [0.717, 1.165) is 68.9 Å². The number of piperidine rings is 1. The summed E-state index contributed by atoms with van der Waals surface area (Å²) in [5, 5.41) is 21.4. The molecule has 1 aromatic rings. The summed E-state index contributed by atoms with van der Waals surface area (Å²) >= 11 is 0. The van der Waals surface area contributed by atoms with Gasteiger partial charge in [0, 0.05) is 31.7 Å². The fourth-order valence-corrected chi connectivity index (χ4v) is 3.80. The van der Waals surface area contributed by atoms with E-state index >= 15 is 0 Å². The SMILES string of the molecule is ON1C(N2CCCCC2)=C(c2ccccc2)N=NC1N1CCCC1. The molecule has 1 aromatic carbocycles. The van der Waals surface area contributed by atoms with Crippen LogP contribution in [0.1, 0.15) is 37.7 Å². The number of likely N-dealkylation sites (tertiary alicyclic amines) is 2. The van der Waals surface area contributed by atoms with Crippen LogP contribution < -0.4 is 0 Å². The summed E-state index contributed by atoms with van der Waals surface area (Å²) in [7, 11) is 0. The highest BCUT2D eigenvalue weighted by molar-refractivity contribution is 5.67. The number of nitrogens with zero attached hydrogens (tertiary/aromatic N) is 5. The predicted octanol–water partition coefficient (Wildman–Crippen LogP) is 3.34. The van der Waals surface area contributed by atoms with Gasteiger partial charge < -0.3 is 4.90 Å². The fraction of sp³-hybridized carbons (Fsp3) is 0.556. The topological polar surface area (TPSA) is 54.7 Å². The van der Waals surface area contributed by atoms with Crippen molar-refractivity contribution in [2.45, 2.75) is 38.4 Å². The maximum atomic E-state index is 11.0. The van der Waals surface area contributed by atoms with Crippen molar-refractivity contribution in [3.8, 4) is 0 Å². The van der Waals surface area contributed by atoms with Gasteiger partial charge in [-0.3, -0.25) is 10.1 Å². The summed E-state index contributed by atoms with van der Waals surface area (Å²) in [5.41, 5.74) is 1.77. The first-order valence-electron chi connectivity index (χ1n) is 9.02. The molecule has 0 saturated carbocycles. The highest BCUT2D eigenvalue weighted by Crippen LogP contribution is 2.33. The average Bonchev–Trinajstić information content (AvgIpc) is 3.17. The minimum absolute atomic E-state index is 0.392. The Morgan fingerprint density at radius 2 is 1.54 bits per heavy atom. The van der Waals surface area contributed by atoms with E-state index in [0.29, 0.717) is 0 Å². The third kappa shape index (κ3) is 2.91. The monoisotopic (exact) mass is 327 g/mol. The summed E-state index contributed by atoms with van der Waals surface area (Å²) in [6.45, 7) is 3.86. The molecule has 1 unspecified atom stereocenters. The van der Waals surface area contributed by atoms with Crippen molar-refractivity contribution < 1.29 is 5.21 Å². The van der Waals surface area contributed by atoms with E-state index in [4.69, 9.17) is 0 Å². The molecule has 3 aliphatic rings. The lowest BCUT2D eigenvalue weighted by Gasteiger charge is -2.41. The highest BCUT2D eigenvalue weighted by atomic mass is 16.5. The number of azo groups is 1. The van der Waals surface area contributed by atoms with Gasteiger partial charge >= 0.3 is 0 Å². The normalized spacial score (nSPS) is 25.6. The average molecular weight is 327 g/mol. The van der Waals surface area contributed by atoms with Crippen molar-refractivity contribution in [3.05, 3.63) is 41.7 Å². The van der Waals surface area contributed by atoms with Crippen LogP contribution in [-0.4, -0.2) is 52.5 Å². The molecule has 0 bridgehead atoms. The van der Waals surface area contributed by atoms with Gasteiger partial charge in [0.2, 0.25) is 6.29 Å². The molecule has 2 saturated heterocycles. The van der Waals surface area contributed by atoms with E-state index in [2.05, 4.69) is 20.0 Å². The number of rotatable bonds is 3. The largest absolute Gasteiger partial charge is 0.355 e. The Morgan fingerprint density at radius 3 is 2.25 bits per heavy atom. The molecule has 1 N–H and O–H groups in total. The van der Waals surface area contributed by atoms with Gasteiger partial charge in [0.05, 0.1) is 0 Å². The molecule has 24 heavy (non-hydrogen) atoms. The molecule has 128 valence electrons. The Kier molecular flexibility index (Phi) is 4.49. The van der Waals surface area contributed by atoms with E-state index < -0.39 is 6.29 Å². The molecule has 1 atom stereocenters. The summed E-state index contributed by atoms with van der Waals surface area (Å²) < 4.78 is 0. The fourth-order valence-electron chi connectivity index (χ4n) is 3.80. The Bertz CT molecular complexity index is 618.